The molecule has 0 aliphatic heterocycles. The van der Waals surface area contributed by atoms with Crippen molar-refractivity contribution in [1.29, 1.82) is 0 Å². The first-order valence-electron chi connectivity index (χ1n) is 19.3. The average Bonchev–Trinajstić information content (AvgIpc) is 3.67. The van der Waals surface area contributed by atoms with Crippen LogP contribution in [0.5, 0.6) is 0 Å². The molecule has 0 saturated heterocycles. The van der Waals surface area contributed by atoms with E-state index in [2.05, 4.69) is 152 Å². The maximum Gasteiger partial charge on any atom is 0.136 e. The fraction of sp³-hybridized carbons (Fsp3) is 0. The van der Waals surface area contributed by atoms with Crippen LogP contribution in [0.3, 0.4) is 0 Å². The third kappa shape index (κ3) is 4.98. The molecule has 4 nitrogen and oxygen atoms in total. The zero-order chi connectivity index (χ0) is 37.5. The highest BCUT2D eigenvalue weighted by atomic mass is 16.3. The molecule has 0 fully saturated rings. The number of rotatable bonds is 4. The van der Waals surface area contributed by atoms with Crippen molar-refractivity contribution in [3.8, 4) is 44.9 Å². The van der Waals surface area contributed by atoms with Crippen molar-refractivity contribution >= 4 is 76.2 Å². The van der Waals surface area contributed by atoms with E-state index in [4.69, 9.17) is 19.4 Å². The van der Waals surface area contributed by atoms with E-state index in [-0.39, 0.29) is 0 Å². The lowest BCUT2D eigenvalue weighted by Crippen LogP contribution is -1.93. The Labute approximate surface area is 327 Å². The molecule has 0 spiro atoms. The Kier molecular flexibility index (Phi) is 6.89. The van der Waals surface area contributed by atoms with E-state index in [0.29, 0.717) is 0 Å². The minimum atomic E-state index is 0.873. The SMILES string of the molecule is c1ccc(-c2ccc3ccc4ccc(-c5ccc(-c6ccc7nc(-c8ccccc8)c8ccc9oc%10ccccc%10c9c8c7c6)c6ccccc56)nc4c3n2)cc1. The summed E-state index contributed by atoms with van der Waals surface area (Å²) in [6.45, 7) is 0. The van der Waals surface area contributed by atoms with Crippen LogP contribution in [0.15, 0.2) is 192 Å². The summed E-state index contributed by atoms with van der Waals surface area (Å²) in [5, 5.41) is 10.0. The molecule has 0 atom stereocenters. The van der Waals surface area contributed by atoms with Crippen LogP contribution < -0.4 is 0 Å². The van der Waals surface area contributed by atoms with Gasteiger partial charge in [-0.2, -0.15) is 0 Å². The van der Waals surface area contributed by atoms with Crippen LogP contribution in [0.2, 0.25) is 0 Å². The summed E-state index contributed by atoms with van der Waals surface area (Å²) < 4.78 is 6.43. The fourth-order valence-electron chi connectivity index (χ4n) is 8.75. The van der Waals surface area contributed by atoms with Gasteiger partial charge in [-0.05, 0) is 64.4 Å². The molecule has 0 bridgehead atoms. The molecule has 0 aliphatic carbocycles. The molecule has 0 amide bonds. The molecule has 12 rings (SSSR count). The summed E-state index contributed by atoms with van der Waals surface area (Å²) >= 11 is 0. The average molecular weight is 726 g/mol. The number of aromatic nitrogens is 3. The molecule has 4 heteroatoms. The third-order valence-corrected chi connectivity index (χ3v) is 11.4. The van der Waals surface area contributed by atoms with Gasteiger partial charge in [-0.25, -0.2) is 15.0 Å². The molecule has 0 saturated carbocycles. The Bertz CT molecular complexity index is 3570. The zero-order valence-electron chi connectivity index (χ0n) is 30.6. The number of furan rings is 1. The first-order valence-corrected chi connectivity index (χ1v) is 19.3. The lowest BCUT2D eigenvalue weighted by atomic mass is 9.91. The van der Waals surface area contributed by atoms with Gasteiger partial charge in [-0.15, -0.1) is 0 Å². The molecule has 0 aliphatic rings. The van der Waals surface area contributed by atoms with Crippen LogP contribution in [-0.2, 0) is 0 Å². The van der Waals surface area contributed by atoms with Gasteiger partial charge in [0.2, 0.25) is 0 Å². The molecule has 8 aromatic carbocycles. The van der Waals surface area contributed by atoms with E-state index in [0.717, 1.165) is 121 Å². The largest absolute Gasteiger partial charge is 0.456 e. The van der Waals surface area contributed by atoms with E-state index < -0.39 is 0 Å². The molecule has 4 heterocycles. The van der Waals surface area contributed by atoms with Crippen LogP contribution >= 0.6 is 0 Å². The number of hydrogen-bond acceptors (Lipinski definition) is 4. The van der Waals surface area contributed by atoms with Gasteiger partial charge in [0.05, 0.1) is 33.6 Å². The van der Waals surface area contributed by atoms with Crippen molar-refractivity contribution in [3.05, 3.63) is 188 Å². The summed E-state index contributed by atoms with van der Waals surface area (Å²) in [5.41, 5.74) is 12.9. The fourth-order valence-corrected chi connectivity index (χ4v) is 8.75. The van der Waals surface area contributed by atoms with E-state index >= 15 is 0 Å². The summed E-state index contributed by atoms with van der Waals surface area (Å²) in [4.78, 5) is 15.8. The van der Waals surface area contributed by atoms with Crippen molar-refractivity contribution in [2.45, 2.75) is 0 Å². The van der Waals surface area contributed by atoms with Gasteiger partial charge in [-0.3, -0.25) is 0 Å². The van der Waals surface area contributed by atoms with Gasteiger partial charge in [-0.1, -0.05) is 146 Å². The number of benzene rings is 8. The van der Waals surface area contributed by atoms with Crippen LogP contribution in [0.25, 0.3) is 121 Å². The molecule has 264 valence electrons. The molecule has 0 radical (unpaired) electrons. The molecule has 0 unspecified atom stereocenters. The van der Waals surface area contributed by atoms with Crippen molar-refractivity contribution in [2.75, 3.05) is 0 Å². The lowest BCUT2D eigenvalue weighted by molar-refractivity contribution is 0.669. The summed E-state index contributed by atoms with van der Waals surface area (Å²) in [6, 6.07) is 66.0. The second kappa shape index (κ2) is 12.4. The standard InChI is InChI=1S/C53H31N3O/c1-3-11-32(12-4-1)44-27-21-34-19-20-35-22-28-45(56-53(35)52(34)54-44)40-25-24-37(38-15-7-8-16-39(38)40)36-23-29-46-43(31-36)49-42(51(55-46)33-13-5-2-6-14-33)26-30-48-50(49)41-17-9-10-18-47(41)57-48/h1-31H. The highest BCUT2D eigenvalue weighted by Crippen LogP contribution is 2.43. The minimum Gasteiger partial charge on any atom is -0.456 e. The van der Waals surface area contributed by atoms with Crippen LogP contribution in [0.4, 0.5) is 0 Å². The topological polar surface area (TPSA) is 51.8 Å². The van der Waals surface area contributed by atoms with Crippen molar-refractivity contribution in [2.24, 2.45) is 0 Å². The molecule has 12 aromatic rings. The Morgan fingerprint density at radius 2 is 0.947 bits per heavy atom. The third-order valence-electron chi connectivity index (χ3n) is 11.4. The van der Waals surface area contributed by atoms with Crippen LogP contribution in [-0.4, -0.2) is 15.0 Å². The quantitative estimate of drug-likeness (QED) is 0.170. The first kappa shape index (κ1) is 31.6. The number of fused-ring (bicyclic) bond motifs is 11. The molecular formula is C53H31N3O. The highest BCUT2D eigenvalue weighted by molar-refractivity contribution is 6.28. The molecular weight excluding hydrogens is 695 g/mol. The van der Waals surface area contributed by atoms with Gasteiger partial charge in [0.1, 0.15) is 11.2 Å². The van der Waals surface area contributed by atoms with Crippen molar-refractivity contribution in [1.82, 2.24) is 15.0 Å². The Morgan fingerprint density at radius 3 is 1.72 bits per heavy atom. The van der Waals surface area contributed by atoms with Gasteiger partial charge in [0.25, 0.3) is 0 Å². The number of hydrogen-bond donors (Lipinski definition) is 0. The Balaban J connectivity index is 1.06. The molecule has 57 heavy (non-hydrogen) atoms. The summed E-state index contributed by atoms with van der Waals surface area (Å²) in [7, 11) is 0. The number of para-hydroxylation sites is 1. The number of nitrogens with zero attached hydrogens (tertiary/aromatic N) is 3. The monoisotopic (exact) mass is 725 g/mol. The highest BCUT2D eigenvalue weighted by Gasteiger charge is 2.19. The second-order valence-electron chi connectivity index (χ2n) is 14.7. The van der Waals surface area contributed by atoms with Gasteiger partial charge in [0.15, 0.2) is 0 Å². The predicted molar refractivity (Wildman–Crippen MR) is 236 cm³/mol. The smallest absolute Gasteiger partial charge is 0.136 e. The van der Waals surface area contributed by atoms with Gasteiger partial charge in [0, 0.05) is 54.4 Å². The predicted octanol–water partition coefficient (Wildman–Crippen LogP) is 14.2. The zero-order valence-corrected chi connectivity index (χ0v) is 30.6. The summed E-state index contributed by atoms with van der Waals surface area (Å²) in [5.74, 6) is 0. The van der Waals surface area contributed by atoms with E-state index in [1.807, 2.05) is 36.4 Å². The minimum absolute atomic E-state index is 0.873. The Morgan fingerprint density at radius 1 is 0.333 bits per heavy atom. The molecule has 4 aromatic heterocycles. The van der Waals surface area contributed by atoms with E-state index in [9.17, 15) is 0 Å². The van der Waals surface area contributed by atoms with E-state index in [1.54, 1.807) is 0 Å². The van der Waals surface area contributed by atoms with Crippen molar-refractivity contribution < 1.29 is 4.42 Å². The van der Waals surface area contributed by atoms with Crippen LogP contribution in [0.1, 0.15) is 0 Å². The van der Waals surface area contributed by atoms with Crippen LogP contribution in [0, 0.1) is 0 Å². The maximum atomic E-state index is 6.43. The normalized spacial score (nSPS) is 11.9. The number of pyridine rings is 3. The Hall–Kier alpha value is -7.69. The second-order valence-corrected chi connectivity index (χ2v) is 14.7. The van der Waals surface area contributed by atoms with E-state index in [1.165, 1.54) is 0 Å². The summed E-state index contributed by atoms with van der Waals surface area (Å²) in [6.07, 6.45) is 0. The lowest BCUT2D eigenvalue weighted by Gasteiger charge is -2.15. The van der Waals surface area contributed by atoms with Gasteiger partial charge < -0.3 is 4.42 Å². The maximum absolute atomic E-state index is 6.43. The van der Waals surface area contributed by atoms with Crippen molar-refractivity contribution in [3.63, 3.8) is 0 Å². The molecule has 0 N–H and O–H groups in total. The first-order chi connectivity index (χ1) is 28.2. The van der Waals surface area contributed by atoms with Gasteiger partial charge >= 0.3 is 0 Å².